The van der Waals surface area contributed by atoms with Crippen LogP contribution in [0.4, 0.5) is 0 Å². The van der Waals surface area contributed by atoms with Gasteiger partial charge in [-0.15, -0.1) is 23.2 Å². The van der Waals surface area contributed by atoms with E-state index in [1.165, 1.54) is 329 Å². The smallest absolute Gasteiger partial charge is 0.216 e. The van der Waals surface area contributed by atoms with Gasteiger partial charge in [0.15, 0.2) is 0 Å². The van der Waals surface area contributed by atoms with Gasteiger partial charge in [-0.2, -0.15) is 11.8 Å². The molecule has 4 aromatic carbocycles. The van der Waals surface area contributed by atoms with E-state index >= 15 is 0 Å². The minimum Gasteiger partial charge on any atom is -0.497 e. The summed E-state index contributed by atoms with van der Waals surface area (Å²) in [4.78, 5) is 21.2. The predicted molar refractivity (Wildman–Crippen MR) is 579 cm³/mol. The Kier molecular flexibility index (Phi) is 51.1. The van der Waals surface area contributed by atoms with Crippen molar-refractivity contribution in [3.8, 4) is 5.75 Å². The minimum atomic E-state index is -0.410. The third-order valence-corrected chi connectivity index (χ3v) is 36.9. The zero-order chi connectivity index (χ0) is 97.2. The lowest BCUT2D eigenvalue weighted by molar-refractivity contribution is -0.119. The fourth-order valence-corrected chi connectivity index (χ4v) is 24.2. The normalized spacial score (nSPS) is 23.4. The highest BCUT2D eigenvalue weighted by molar-refractivity contribution is 7.98. The summed E-state index contributed by atoms with van der Waals surface area (Å²) in [5.74, 6) is 3.40. The molecule has 1 atom stereocenters. The Morgan fingerprint density at radius 3 is 1.02 bits per heavy atom. The first kappa shape index (κ1) is 118. The number of ether oxygens (including phenoxy) is 2. The van der Waals surface area contributed by atoms with E-state index in [2.05, 4.69) is 259 Å². The van der Waals surface area contributed by atoms with Crippen molar-refractivity contribution in [1.29, 1.82) is 0 Å². The number of methoxy groups -OCH3 is 2. The molecule has 131 heavy (non-hydrogen) atoms. The van der Waals surface area contributed by atoms with Gasteiger partial charge in [-0.3, -0.25) is 9.59 Å². The molecule has 10 heteroatoms. The standard InChI is InChI=1S/C13H18O.C13H18.C12H15Cl.C12H16.C11H22O.2C10H19NO.C10H20.C9H18S.C8H16.C8H14.C5H8Cl2/c1-13(9-3-4-10-13)11-5-7-12(14-2)8-6-11;1-11-5-7-12(8-6-11)13(2)9-3-4-10-13;1-12(8-2-3-9-12)10-4-6-11(13)7-5-10;1-12(9-5-6-10-12)11-7-3-2-4-8-11;1-11(7-3-4-8-11)9-5-6-10-12-2;2*1-9(12)11-8-7-10(2)5-3-4-6-10;1-8-6-7-9(2,3)10(8,4)5;1-9(7-8-10-2)5-3-4-6-9;2*1-8(2)6-4-3-5-7-8;1-4(2)3-5(4,6)7/h5-8H,3-4,9-10H2,1-2H3;5-8H,3-4,9-10H2,1-2H3;4-7H,2-3,8-9H2,1H3;2-4,7-8H,5-6,9-10H2,1H3;3-10H2,1-2H3;2*3-8H2,1-2H3,(H,11,12);8H,6-7H2,1-5H3;3-8H2,1-2H3;3-7H2,1-2H3;4,6H,3,5,7H2,1-2H3;3H2,1-2H3. The lowest BCUT2D eigenvalue weighted by Crippen LogP contribution is -2.30. The maximum Gasteiger partial charge on any atom is 0.216 e. The Balaban J connectivity index is 0.000000254. The average molecular weight is 1890 g/mol. The van der Waals surface area contributed by atoms with Gasteiger partial charge in [0.1, 0.15) is 10.1 Å². The molecule has 11 fully saturated rings. The van der Waals surface area contributed by atoms with E-state index in [9.17, 15) is 9.59 Å². The zero-order valence-electron chi connectivity index (χ0n) is 89.7. The Hall–Kier alpha value is -3.46. The van der Waals surface area contributed by atoms with Crippen LogP contribution in [-0.4, -0.2) is 62.1 Å². The molecule has 12 aliphatic rings. The third kappa shape index (κ3) is 43.4. The average Bonchev–Trinajstić information content (AvgIpc) is 1.59. The van der Waals surface area contributed by atoms with E-state index in [-0.39, 0.29) is 17.2 Å². The second-order valence-corrected chi connectivity index (χ2v) is 52.0. The van der Waals surface area contributed by atoms with Crippen molar-refractivity contribution in [2.45, 2.75) is 493 Å². The second kappa shape index (κ2) is 56.7. The van der Waals surface area contributed by atoms with Crippen LogP contribution < -0.4 is 15.4 Å². The number of aryl methyl sites for hydroxylation is 1. The minimum absolute atomic E-state index is 0.0941. The molecule has 0 spiro atoms. The number of rotatable bonds is 19. The first-order valence-electron chi connectivity index (χ1n) is 53.6. The van der Waals surface area contributed by atoms with Gasteiger partial charge < -0.3 is 20.1 Å². The van der Waals surface area contributed by atoms with Gasteiger partial charge in [0.2, 0.25) is 11.8 Å². The van der Waals surface area contributed by atoms with Gasteiger partial charge in [0, 0.05) is 51.1 Å². The number of unbranched alkanes of at least 4 members (excludes halogenated alkanes) is 1. The number of benzene rings is 4. The van der Waals surface area contributed by atoms with Crippen LogP contribution >= 0.6 is 46.6 Å². The molecule has 0 radical (unpaired) electrons. The Morgan fingerprint density at radius 1 is 0.405 bits per heavy atom. The molecule has 1 unspecified atom stereocenters. The van der Waals surface area contributed by atoms with Crippen LogP contribution in [0, 0.1) is 61.6 Å². The molecule has 0 aliphatic heterocycles. The molecular weight excluding hydrogens is 1680 g/mol. The first-order chi connectivity index (χ1) is 61.5. The number of halogens is 3. The Labute approximate surface area is 829 Å². The molecule has 6 nitrogen and oxygen atoms in total. The van der Waals surface area contributed by atoms with E-state index in [0.29, 0.717) is 59.6 Å². The number of amides is 2. The first-order valence-corrected chi connectivity index (χ1v) is 56.1. The Morgan fingerprint density at radius 2 is 0.740 bits per heavy atom. The van der Waals surface area contributed by atoms with Crippen LogP contribution in [0.1, 0.15) is 488 Å². The van der Waals surface area contributed by atoms with E-state index in [4.69, 9.17) is 44.3 Å². The largest absolute Gasteiger partial charge is 0.497 e. The summed E-state index contributed by atoms with van der Waals surface area (Å²) in [5, 5.41) is 6.56. The number of alkyl halides is 2. The SMILES string of the molecule is CC(=O)NCCC1(C)CCCC1.CC(=O)NCCC1(C)CCCC1.CC1(C)C=CCCC1.CC1(C)CC1(Cl)Cl.CC1(C)CCCCC1.CC1(c2ccc(Cl)cc2)CCCC1.CC1(c2ccccc2)CCCC1.CC1CCC(C)(C)C1(C)C.COCCCCC1(C)CCCC1.COc1ccc(C2(C)CCCC2)cc1.CSCCC1(C)CCCC1.Cc1ccc(C2(C)CCCC2)cc1. The molecule has 12 aliphatic carbocycles. The van der Waals surface area contributed by atoms with Gasteiger partial charge in [0.25, 0.3) is 0 Å². The van der Waals surface area contributed by atoms with Crippen molar-refractivity contribution >= 4 is 58.4 Å². The molecule has 2 N–H and O–H groups in total. The van der Waals surface area contributed by atoms with Crippen molar-refractivity contribution in [3.63, 3.8) is 0 Å². The van der Waals surface area contributed by atoms with Crippen LogP contribution in [0.5, 0.6) is 5.75 Å². The maximum atomic E-state index is 10.6. The summed E-state index contributed by atoms with van der Waals surface area (Å²) in [7, 11) is 3.50. The Bertz CT molecular complexity index is 3630. The molecule has 4 aromatic rings. The van der Waals surface area contributed by atoms with Gasteiger partial charge in [-0.25, -0.2) is 0 Å². The second-order valence-electron chi connectivity index (χ2n) is 49.1. The highest BCUT2D eigenvalue weighted by Gasteiger charge is 2.59. The van der Waals surface area contributed by atoms with Crippen LogP contribution in [0.3, 0.4) is 0 Å². The van der Waals surface area contributed by atoms with Crippen LogP contribution in [0.25, 0.3) is 0 Å². The van der Waals surface area contributed by atoms with Crippen molar-refractivity contribution in [1.82, 2.24) is 10.6 Å². The molecule has 0 saturated heterocycles. The maximum absolute atomic E-state index is 10.6. The van der Waals surface area contributed by atoms with E-state index < -0.39 is 4.33 Å². The van der Waals surface area contributed by atoms with Crippen LogP contribution in [0.15, 0.2) is 115 Å². The molecule has 0 heterocycles. The van der Waals surface area contributed by atoms with Crippen LogP contribution in [-0.2, 0) is 36.0 Å². The molecule has 748 valence electrons. The number of carbonyl (C=O) groups is 2. The molecule has 16 rings (SSSR count). The van der Waals surface area contributed by atoms with Gasteiger partial charge in [-0.05, 0) is 323 Å². The zero-order valence-corrected chi connectivity index (χ0v) is 92.8. The molecule has 0 aromatic heterocycles. The van der Waals surface area contributed by atoms with Gasteiger partial charge in [-0.1, -0.05) is 368 Å². The third-order valence-electron chi connectivity index (χ3n) is 34.8. The number of allylic oxidation sites excluding steroid dienone is 2. The number of hydrogen-bond donors (Lipinski definition) is 2. The highest BCUT2D eigenvalue weighted by Crippen LogP contribution is 2.63. The lowest BCUT2D eigenvalue weighted by atomic mass is 9.67. The monoisotopic (exact) mass is 1890 g/mol. The summed E-state index contributed by atoms with van der Waals surface area (Å²) < 4.78 is 9.79. The van der Waals surface area contributed by atoms with Crippen LogP contribution in [0.2, 0.25) is 5.02 Å². The van der Waals surface area contributed by atoms with Crippen molar-refractivity contribution in [2.24, 2.45) is 54.7 Å². The molecule has 11 saturated carbocycles. The van der Waals surface area contributed by atoms with E-state index in [1.807, 2.05) is 23.9 Å². The number of thioether (sulfide) groups is 1. The lowest BCUT2D eigenvalue weighted by Gasteiger charge is -2.37. The van der Waals surface area contributed by atoms with Gasteiger partial charge >= 0.3 is 0 Å². The quantitative estimate of drug-likeness (QED) is 0.0556. The summed E-state index contributed by atoms with van der Waals surface area (Å²) in [6.45, 7) is 52.6. The fourth-order valence-electron chi connectivity index (χ4n) is 22.7. The van der Waals surface area contributed by atoms with Crippen molar-refractivity contribution in [2.75, 3.05) is 45.9 Å². The predicted octanol–water partition coefficient (Wildman–Crippen LogP) is 37.7. The number of hydrogen-bond acceptors (Lipinski definition) is 5. The van der Waals surface area contributed by atoms with Crippen molar-refractivity contribution in [3.05, 3.63) is 148 Å². The molecule has 0 bridgehead atoms. The molecular formula is C121H203Cl3N2O4S. The fraction of sp³-hybridized carbons (Fsp3) is 0.769. The summed E-state index contributed by atoms with van der Waals surface area (Å²) in [6.07, 6.45) is 74.2. The topological polar surface area (TPSA) is 76.7 Å². The number of carbonyl (C=O) groups excluding carboxylic acids is 2. The van der Waals surface area contributed by atoms with Gasteiger partial charge in [0.05, 0.1) is 7.11 Å². The highest BCUT2D eigenvalue weighted by atomic mass is 35.5. The van der Waals surface area contributed by atoms with E-state index in [0.717, 1.165) is 61.1 Å². The number of nitrogens with one attached hydrogen (secondary N) is 2. The van der Waals surface area contributed by atoms with Crippen molar-refractivity contribution < 1.29 is 19.1 Å². The summed E-state index contributed by atoms with van der Waals surface area (Å²) in [6, 6.07) is 36.9. The summed E-state index contributed by atoms with van der Waals surface area (Å²) in [5.41, 5.74) is 14.1. The molecule has 2 amide bonds. The van der Waals surface area contributed by atoms with E-state index in [1.54, 1.807) is 28.1 Å². The summed E-state index contributed by atoms with van der Waals surface area (Å²) >= 11 is 19.2.